The zero-order valence-corrected chi connectivity index (χ0v) is 13.8. The van der Waals surface area contributed by atoms with Crippen molar-refractivity contribution in [3.63, 3.8) is 0 Å². The molecule has 1 aromatic carbocycles. The van der Waals surface area contributed by atoms with Crippen molar-refractivity contribution in [1.82, 2.24) is 15.1 Å². The maximum Gasteiger partial charge on any atom is 0.240 e. The van der Waals surface area contributed by atoms with E-state index in [-0.39, 0.29) is 11.9 Å². The van der Waals surface area contributed by atoms with E-state index in [0.29, 0.717) is 11.7 Å². The number of ether oxygens (including phenoxy) is 1. The van der Waals surface area contributed by atoms with E-state index in [1.807, 2.05) is 36.2 Å². The van der Waals surface area contributed by atoms with Gasteiger partial charge in [-0.2, -0.15) is 0 Å². The predicted octanol–water partition coefficient (Wildman–Crippen LogP) is 2.05. The number of aromatic nitrogens is 2. The van der Waals surface area contributed by atoms with Crippen LogP contribution < -0.4 is 10.1 Å². The minimum absolute atomic E-state index is 0.0826. The third-order valence-electron chi connectivity index (χ3n) is 3.44. The largest absolute Gasteiger partial charge is 0.497 e. The highest BCUT2D eigenvalue weighted by molar-refractivity contribution is 7.13. The standard InChI is InChI=1S/C15H20N4O2S/c1-11(8-12-4-6-13(21-3)7-5-12)19(2)9-14(20)17-15-18-16-10-22-15/h4-7,10-11H,8-9H2,1-3H3,(H,17,18,20). The average Bonchev–Trinajstić information content (AvgIpc) is 3.00. The van der Waals surface area contributed by atoms with Crippen LogP contribution in [0.3, 0.4) is 0 Å². The van der Waals surface area contributed by atoms with Crippen molar-refractivity contribution in [3.05, 3.63) is 35.3 Å². The van der Waals surface area contributed by atoms with Crippen molar-refractivity contribution < 1.29 is 9.53 Å². The van der Waals surface area contributed by atoms with Gasteiger partial charge in [-0.3, -0.25) is 15.0 Å². The third-order valence-corrected chi connectivity index (χ3v) is 4.05. The maximum atomic E-state index is 11.9. The Hall–Kier alpha value is -1.99. The first-order valence-electron chi connectivity index (χ1n) is 6.97. The highest BCUT2D eigenvalue weighted by atomic mass is 32.1. The fraction of sp³-hybridized carbons (Fsp3) is 0.400. The van der Waals surface area contributed by atoms with Crippen LogP contribution in [0.5, 0.6) is 5.75 Å². The number of carbonyl (C=O) groups is 1. The molecule has 0 bridgehead atoms. The van der Waals surface area contributed by atoms with Crippen LogP contribution in [0.25, 0.3) is 0 Å². The Morgan fingerprint density at radius 1 is 1.41 bits per heavy atom. The summed E-state index contributed by atoms with van der Waals surface area (Å²) >= 11 is 1.31. The third kappa shape index (κ3) is 4.78. The second-order valence-electron chi connectivity index (χ2n) is 5.11. The molecule has 1 heterocycles. The molecule has 0 aliphatic rings. The first-order valence-corrected chi connectivity index (χ1v) is 7.85. The molecule has 1 amide bonds. The smallest absolute Gasteiger partial charge is 0.240 e. The van der Waals surface area contributed by atoms with Gasteiger partial charge in [-0.05, 0) is 38.1 Å². The van der Waals surface area contributed by atoms with E-state index >= 15 is 0 Å². The molecule has 1 N–H and O–H groups in total. The van der Waals surface area contributed by atoms with Crippen LogP contribution in [-0.4, -0.2) is 47.7 Å². The molecule has 0 aliphatic heterocycles. The molecule has 0 aliphatic carbocycles. The van der Waals surface area contributed by atoms with E-state index in [4.69, 9.17) is 4.74 Å². The first-order chi connectivity index (χ1) is 10.6. The number of rotatable bonds is 7. The monoisotopic (exact) mass is 320 g/mol. The summed E-state index contributed by atoms with van der Waals surface area (Å²) in [6.07, 6.45) is 0.868. The molecule has 2 rings (SSSR count). The van der Waals surface area contributed by atoms with Gasteiger partial charge >= 0.3 is 0 Å². The molecule has 22 heavy (non-hydrogen) atoms. The van der Waals surface area contributed by atoms with Crippen molar-refractivity contribution in [2.45, 2.75) is 19.4 Å². The quantitative estimate of drug-likeness (QED) is 0.846. The van der Waals surface area contributed by atoms with Gasteiger partial charge in [0.05, 0.1) is 13.7 Å². The molecule has 1 unspecified atom stereocenters. The van der Waals surface area contributed by atoms with Gasteiger partial charge in [0.25, 0.3) is 0 Å². The molecular weight excluding hydrogens is 300 g/mol. The van der Waals surface area contributed by atoms with Crippen molar-refractivity contribution >= 4 is 22.4 Å². The molecule has 7 heteroatoms. The normalized spacial score (nSPS) is 12.2. The first kappa shape index (κ1) is 16.4. The van der Waals surface area contributed by atoms with Crippen LogP contribution in [0.1, 0.15) is 12.5 Å². The fourth-order valence-electron chi connectivity index (χ4n) is 2.03. The molecule has 0 fully saturated rings. The van der Waals surface area contributed by atoms with Gasteiger partial charge in [-0.1, -0.05) is 23.5 Å². The lowest BCUT2D eigenvalue weighted by molar-refractivity contribution is -0.117. The Kier molecular flexibility index (Phi) is 5.85. The lowest BCUT2D eigenvalue weighted by Gasteiger charge is -2.24. The number of anilines is 1. The van der Waals surface area contributed by atoms with Gasteiger partial charge < -0.3 is 4.74 Å². The number of carbonyl (C=O) groups excluding carboxylic acids is 1. The summed E-state index contributed by atoms with van der Waals surface area (Å²) < 4.78 is 5.15. The summed E-state index contributed by atoms with van der Waals surface area (Å²) in [5.41, 5.74) is 2.80. The Morgan fingerprint density at radius 2 is 2.14 bits per heavy atom. The zero-order valence-electron chi connectivity index (χ0n) is 12.9. The molecule has 0 saturated carbocycles. The number of hydrogen-bond donors (Lipinski definition) is 1. The number of benzene rings is 1. The van der Waals surface area contributed by atoms with Gasteiger partial charge in [0.1, 0.15) is 11.3 Å². The molecule has 1 aromatic heterocycles. The van der Waals surface area contributed by atoms with Crippen molar-refractivity contribution in [1.29, 1.82) is 0 Å². The van der Waals surface area contributed by atoms with Gasteiger partial charge in [0, 0.05) is 6.04 Å². The Bertz CT molecular complexity index is 586. The van der Waals surface area contributed by atoms with E-state index in [2.05, 4.69) is 22.4 Å². The summed E-state index contributed by atoms with van der Waals surface area (Å²) in [5.74, 6) is 0.766. The lowest BCUT2D eigenvalue weighted by atomic mass is 10.1. The number of hydrogen-bond acceptors (Lipinski definition) is 6. The Balaban J connectivity index is 1.82. The summed E-state index contributed by atoms with van der Waals surface area (Å²) in [7, 11) is 3.59. The van der Waals surface area contributed by atoms with E-state index in [1.165, 1.54) is 16.9 Å². The molecule has 118 valence electrons. The van der Waals surface area contributed by atoms with Crippen LogP contribution in [0.2, 0.25) is 0 Å². The number of likely N-dealkylation sites (N-methyl/N-ethyl adjacent to an activating group) is 1. The summed E-state index contributed by atoms with van der Waals surface area (Å²) in [5, 5.41) is 10.8. The topological polar surface area (TPSA) is 67.3 Å². The number of amides is 1. The highest BCUT2D eigenvalue weighted by Gasteiger charge is 2.14. The molecule has 0 radical (unpaired) electrons. The maximum absolute atomic E-state index is 11.9. The van der Waals surface area contributed by atoms with Gasteiger partial charge in [0.2, 0.25) is 11.0 Å². The summed E-state index contributed by atoms with van der Waals surface area (Å²) in [6.45, 7) is 2.42. The summed E-state index contributed by atoms with van der Waals surface area (Å²) in [4.78, 5) is 13.9. The summed E-state index contributed by atoms with van der Waals surface area (Å²) in [6, 6.07) is 8.23. The van der Waals surface area contributed by atoms with Crippen molar-refractivity contribution in [3.8, 4) is 5.75 Å². The van der Waals surface area contributed by atoms with E-state index in [1.54, 1.807) is 12.6 Å². The minimum atomic E-state index is -0.0826. The van der Waals surface area contributed by atoms with Crippen molar-refractivity contribution in [2.24, 2.45) is 0 Å². The Labute approximate surface area is 134 Å². The number of methoxy groups -OCH3 is 1. The van der Waals surface area contributed by atoms with Gasteiger partial charge in [-0.25, -0.2) is 0 Å². The number of nitrogens with zero attached hydrogens (tertiary/aromatic N) is 3. The lowest BCUT2D eigenvalue weighted by Crippen LogP contribution is -2.37. The second-order valence-corrected chi connectivity index (χ2v) is 5.94. The van der Waals surface area contributed by atoms with Crippen molar-refractivity contribution in [2.75, 3.05) is 26.0 Å². The predicted molar refractivity (Wildman–Crippen MR) is 87.3 cm³/mol. The molecule has 6 nitrogen and oxygen atoms in total. The fourth-order valence-corrected chi connectivity index (χ4v) is 2.49. The van der Waals surface area contributed by atoms with Gasteiger partial charge in [-0.15, -0.1) is 10.2 Å². The van der Waals surface area contributed by atoms with Gasteiger partial charge in [0.15, 0.2) is 0 Å². The van der Waals surface area contributed by atoms with Crippen LogP contribution in [0.15, 0.2) is 29.8 Å². The van der Waals surface area contributed by atoms with E-state index in [0.717, 1.165) is 12.2 Å². The van der Waals surface area contributed by atoms with E-state index in [9.17, 15) is 4.79 Å². The van der Waals surface area contributed by atoms with E-state index < -0.39 is 0 Å². The minimum Gasteiger partial charge on any atom is -0.497 e. The highest BCUT2D eigenvalue weighted by Crippen LogP contribution is 2.14. The molecule has 0 saturated heterocycles. The zero-order chi connectivity index (χ0) is 15.9. The SMILES string of the molecule is COc1ccc(CC(C)N(C)CC(=O)Nc2nncs2)cc1. The molecular formula is C15H20N4O2S. The van der Waals surface area contributed by atoms with Crippen LogP contribution in [0.4, 0.5) is 5.13 Å². The second kappa shape index (κ2) is 7.86. The molecule has 1 atom stereocenters. The number of nitrogens with one attached hydrogen (secondary N) is 1. The van der Waals surface area contributed by atoms with Crippen LogP contribution >= 0.6 is 11.3 Å². The average molecular weight is 320 g/mol. The van der Waals surface area contributed by atoms with Crippen LogP contribution in [-0.2, 0) is 11.2 Å². The Morgan fingerprint density at radius 3 is 2.73 bits per heavy atom. The van der Waals surface area contributed by atoms with Crippen LogP contribution in [0, 0.1) is 0 Å². The molecule has 0 spiro atoms. The molecule has 2 aromatic rings.